The Hall–Kier alpha value is -1.35. The zero-order chi connectivity index (χ0) is 11.8. The summed E-state index contributed by atoms with van der Waals surface area (Å²) in [5.41, 5.74) is 3.50. The number of rotatable bonds is 2. The highest BCUT2D eigenvalue weighted by Crippen LogP contribution is 2.27. The van der Waals surface area contributed by atoms with Gasteiger partial charge in [0.1, 0.15) is 0 Å². The predicted octanol–water partition coefficient (Wildman–Crippen LogP) is 1.57. The van der Waals surface area contributed by atoms with Crippen LogP contribution in [0.3, 0.4) is 0 Å². The molecule has 1 aliphatic carbocycles. The van der Waals surface area contributed by atoms with Crippen molar-refractivity contribution in [1.82, 2.24) is 10.2 Å². The van der Waals surface area contributed by atoms with Gasteiger partial charge in [-0.05, 0) is 49.1 Å². The summed E-state index contributed by atoms with van der Waals surface area (Å²) in [5.74, 6) is 0.167. The third-order valence-corrected chi connectivity index (χ3v) is 3.75. The lowest BCUT2D eigenvalue weighted by Gasteiger charge is -2.20. The van der Waals surface area contributed by atoms with Crippen LogP contribution in [0.2, 0.25) is 0 Å². The van der Waals surface area contributed by atoms with Crippen LogP contribution >= 0.6 is 0 Å². The van der Waals surface area contributed by atoms with Crippen molar-refractivity contribution in [2.45, 2.75) is 31.8 Å². The van der Waals surface area contributed by atoms with Gasteiger partial charge in [-0.25, -0.2) is 0 Å². The van der Waals surface area contributed by atoms with Gasteiger partial charge < -0.3 is 10.2 Å². The van der Waals surface area contributed by atoms with Gasteiger partial charge in [0.15, 0.2) is 0 Å². The van der Waals surface area contributed by atoms with E-state index in [2.05, 4.69) is 17.4 Å². The van der Waals surface area contributed by atoms with Gasteiger partial charge in [0.25, 0.3) is 5.91 Å². The third kappa shape index (κ3) is 2.07. The summed E-state index contributed by atoms with van der Waals surface area (Å²) in [6.45, 7) is 1.94. The normalized spacial score (nSPS) is 18.6. The topological polar surface area (TPSA) is 32.3 Å². The van der Waals surface area contributed by atoms with Crippen LogP contribution in [0, 0.1) is 0 Å². The molecule has 0 bridgehead atoms. The van der Waals surface area contributed by atoms with E-state index >= 15 is 0 Å². The van der Waals surface area contributed by atoms with E-state index in [0.29, 0.717) is 6.04 Å². The minimum atomic E-state index is 0.167. The van der Waals surface area contributed by atoms with E-state index in [1.165, 1.54) is 11.1 Å². The van der Waals surface area contributed by atoms with Gasteiger partial charge in [-0.3, -0.25) is 4.79 Å². The maximum atomic E-state index is 12.2. The Morgan fingerprint density at radius 1 is 1.35 bits per heavy atom. The zero-order valence-corrected chi connectivity index (χ0v) is 10.2. The van der Waals surface area contributed by atoms with E-state index in [4.69, 9.17) is 0 Å². The second-order valence-corrected chi connectivity index (χ2v) is 5.06. The van der Waals surface area contributed by atoms with Crippen LogP contribution < -0.4 is 5.32 Å². The monoisotopic (exact) mass is 230 g/mol. The summed E-state index contributed by atoms with van der Waals surface area (Å²) in [4.78, 5) is 14.1. The number of fused-ring (bicyclic) bond motifs is 1. The van der Waals surface area contributed by atoms with Crippen molar-refractivity contribution in [1.29, 1.82) is 0 Å². The molecular weight excluding hydrogens is 212 g/mol. The maximum absolute atomic E-state index is 12.2. The van der Waals surface area contributed by atoms with Crippen molar-refractivity contribution in [3.8, 4) is 0 Å². The molecule has 90 valence electrons. The van der Waals surface area contributed by atoms with Crippen LogP contribution in [0.15, 0.2) is 18.2 Å². The lowest BCUT2D eigenvalue weighted by molar-refractivity contribution is 0.0785. The van der Waals surface area contributed by atoms with Crippen LogP contribution in [-0.2, 0) is 13.0 Å². The first-order valence-electron chi connectivity index (χ1n) is 6.35. The molecule has 0 radical (unpaired) electrons. The summed E-state index contributed by atoms with van der Waals surface area (Å²) >= 11 is 0. The number of carbonyl (C=O) groups is 1. The molecule has 3 heteroatoms. The average molecular weight is 230 g/mol. The van der Waals surface area contributed by atoms with Gasteiger partial charge in [0, 0.05) is 25.2 Å². The van der Waals surface area contributed by atoms with Crippen molar-refractivity contribution < 1.29 is 4.79 Å². The van der Waals surface area contributed by atoms with Crippen molar-refractivity contribution in [2.75, 3.05) is 13.6 Å². The minimum absolute atomic E-state index is 0.167. The first-order valence-corrected chi connectivity index (χ1v) is 6.35. The molecule has 1 heterocycles. The smallest absolute Gasteiger partial charge is 0.253 e. The molecule has 0 aromatic heterocycles. The van der Waals surface area contributed by atoms with Crippen LogP contribution in [0.5, 0.6) is 0 Å². The minimum Gasteiger partial charge on any atom is -0.339 e. The number of amides is 1. The maximum Gasteiger partial charge on any atom is 0.253 e. The molecule has 1 N–H and O–H groups in total. The molecule has 1 fully saturated rings. The Kier molecular flexibility index (Phi) is 2.63. The van der Waals surface area contributed by atoms with Crippen molar-refractivity contribution in [2.24, 2.45) is 0 Å². The quantitative estimate of drug-likeness (QED) is 0.836. The van der Waals surface area contributed by atoms with Gasteiger partial charge in [-0.15, -0.1) is 0 Å². The first-order chi connectivity index (χ1) is 8.25. The Labute approximate surface area is 102 Å². The zero-order valence-electron chi connectivity index (χ0n) is 10.2. The van der Waals surface area contributed by atoms with Crippen molar-refractivity contribution in [3.05, 3.63) is 34.9 Å². The fourth-order valence-corrected chi connectivity index (χ4v) is 2.44. The van der Waals surface area contributed by atoms with Gasteiger partial charge in [0.2, 0.25) is 0 Å². The molecule has 0 atom stereocenters. The summed E-state index contributed by atoms with van der Waals surface area (Å²) < 4.78 is 0. The van der Waals surface area contributed by atoms with E-state index < -0.39 is 0 Å². The standard InChI is InChI=1S/C14H18N2O/c1-16(13-4-5-13)14(17)11-3-2-10-6-7-15-9-12(10)8-11/h2-3,8,13,15H,4-7,9H2,1H3. The molecular formula is C14H18N2O. The molecule has 3 rings (SSSR count). The van der Waals surface area contributed by atoms with E-state index in [-0.39, 0.29) is 5.91 Å². The number of carbonyl (C=O) groups excluding carboxylic acids is 1. The largest absolute Gasteiger partial charge is 0.339 e. The lowest BCUT2D eigenvalue weighted by Crippen LogP contribution is -2.29. The number of hydrogen-bond acceptors (Lipinski definition) is 2. The lowest BCUT2D eigenvalue weighted by atomic mass is 9.98. The Morgan fingerprint density at radius 3 is 2.94 bits per heavy atom. The number of hydrogen-bond donors (Lipinski definition) is 1. The number of benzene rings is 1. The molecule has 1 aromatic carbocycles. The van der Waals surface area contributed by atoms with E-state index in [1.807, 2.05) is 18.0 Å². The molecule has 1 saturated carbocycles. The summed E-state index contributed by atoms with van der Waals surface area (Å²) in [7, 11) is 1.91. The summed E-state index contributed by atoms with van der Waals surface area (Å²) in [6.07, 6.45) is 3.39. The molecule has 1 amide bonds. The van der Waals surface area contributed by atoms with Gasteiger partial charge in [-0.2, -0.15) is 0 Å². The Balaban J connectivity index is 1.85. The molecule has 0 saturated heterocycles. The average Bonchev–Trinajstić information content (AvgIpc) is 3.21. The first kappa shape index (κ1) is 10.8. The SMILES string of the molecule is CN(C(=O)c1ccc2c(c1)CNCC2)C1CC1. The third-order valence-electron chi connectivity index (χ3n) is 3.75. The highest BCUT2D eigenvalue weighted by molar-refractivity contribution is 5.94. The molecule has 0 unspecified atom stereocenters. The van der Waals surface area contributed by atoms with Gasteiger partial charge in [0.05, 0.1) is 0 Å². The molecule has 3 nitrogen and oxygen atoms in total. The van der Waals surface area contributed by atoms with E-state index in [0.717, 1.165) is 37.9 Å². The van der Waals surface area contributed by atoms with Gasteiger partial charge in [-0.1, -0.05) is 6.07 Å². The van der Waals surface area contributed by atoms with E-state index in [9.17, 15) is 4.79 Å². The number of nitrogens with one attached hydrogen (secondary N) is 1. The fourth-order valence-electron chi connectivity index (χ4n) is 2.44. The van der Waals surface area contributed by atoms with Gasteiger partial charge >= 0.3 is 0 Å². The molecule has 2 aliphatic rings. The van der Waals surface area contributed by atoms with Crippen LogP contribution in [0.1, 0.15) is 34.3 Å². The fraction of sp³-hybridized carbons (Fsp3) is 0.500. The van der Waals surface area contributed by atoms with Crippen LogP contribution in [-0.4, -0.2) is 30.4 Å². The molecule has 17 heavy (non-hydrogen) atoms. The van der Waals surface area contributed by atoms with Crippen LogP contribution in [0.4, 0.5) is 0 Å². The summed E-state index contributed by atoms with van der Waals surface area (Å²) in [6, 6.07) is 6.63. The molecule has 1 aromatic rings. The number of nitrogens with zero attached hydrogens (tertiary/aromatic N) is 1. The molecule has 0 spiro atoms. The van der Waals surface area contributed by atoms with Crippen molar-refractivity contribution >= 4 is 5.91 Å². The van der Waals surface area contributed by atoms with E-state index in [1.54, 1.807) is 0 Å². The second-order valence-electron chi connectivity index (χ2n) is 5.06. The Morgan fingerprint density at radius 2 is 2.18 bits per heavy atom. The Bertz CT molecular complexity index is 452. The highest BCUT2D eigenvalue weighted by Gasteiger charge is 2.30. The molecule has 1 aliphatic heterocycles. The van der Waals surface area contributed by atoms with Crippen LogP contribution in [0.25, 0.3) is 0 Å². The predicted molar refractivity (Wildman–Crippen MR) is 67.0 cm³/mol. The second kappa shape index (κ2) is 4.15. The highest BCUT2D eigenvalue weighted by atomic mass is 16.2. The van der Waals surface area contributed by atoms with Crippen molar-refractivity contribution in [3.63, 3.8) is 0 Å². The summed E-state index contributed by atoms with van der Waals surface area (Å²) in [5, 5.41) is 3.35.